The van der Waals surface area contributed by atoms with Crippen molar-refractivity contribution in [3.63, 3.8) is 0 Å². The van der Waals surface area contributed by atoms with E-state index in [1.54, 1.807) is 6.07 Å². The second-order valence-electron chi connectivity index (χ2n) is 4.32. The zero-order valence-corrected chi connectivity index (χ0v) is 12.6. The summed E-state index contributed by atoms with van der Waals surface area (Å²) in [6.07, 6.45) is 0. The van der Waals surface area contributed by atoms with Crippen molar-refractivity contribution in [2.24, 2.45) is 10.2 Å². The molecule has 0 saturated heterocycles. The first-order valence-corrected chi connectivity index (χ1v) is 7.59. The van der Waals surface area contributed by atoms with Crippen LogP contribution >= 0.6 is 0 Å². The van der Waals surface area contributed by atoms with Gasteiger partial charge in [0, 0.05) is 0 Å². The Hall–Kier alpha value is -1.96. The van der Waals surface area contributed by atoms with Crippen molar-refractivity contribution in [1.82, 2.24) is 0 Å². The van der Waals surface area contributed by atoms with E-state index in [2.05, 4.69) is 10.2 Å². The predicted octanol–water partition coefficient (Wildman–Crippen LogP) is 2.29. The number of nitriles is 1. The molecule has 120 valence electrons. The molecule has 0 atom stereocenters. The van der Waals surface area contributed by atoms with Crippen molar-refractivity contribution in [3.8, 4) is 17.6 Å². The first kappa shape index (κ1) is 20.1. The Kier molecular flexibility index (Phi) is 6.89. The van der Waals surface area contributed by atoms with Gasteiger partial charge >= 0.3 is 29.6 Å². The number of rotatable bonds is 4. The second kappa shape index (κ2) is 8.23. The zero-order chi connectivity index (χ0) is 17.0. The summed E-state index contributed by atoms with van der Waals surface area (Å²) in [6, 6.07) is 9.43. The normalized spacial score (nSPS) is 10.9. The van der Waals surface area contributed by atoms with Gasteiger partial charge in [-0.1, -0.05) is 0 Å². The number of nitrogens with zero attached hydrogens (tertiary/aromatic N) is 3. The SMILES string of the molecule is COc1ccc(S(=O)(=O)O)cc1N=Nc1ccc(O)c(C#N)c1.[NaH]. The first-order chi connectivity index (χ1) is 10.8. The van der Waals surface area contributed by atoms with E-state index in [-0.39, 0.29) is 62.9 Å². The maximum absolute atomic E-state index is 11.2. The molecule has 0 radical (unpaired) electrons. The van der Waals surface area contributed by atoms with Crippen LogP contribution in [0.15, 0.2) is 51.5 Å². The Morgan fingerprint density at radius 3 is 2.46 bits per heavy atom. The van der Waals surface area contributed by atoms with Crippen molar-refractivity contribution in [2.75, 3.05) is 7.11 Å². The van der Waals surface area contributed by atoms with E-state index in [9.17, 15) is 13.5 Å². The molecule has 0 amide bonds. The van der Waals surface area contributed by atoms with Crippen LogP contribution in [0.25, 0.3) is 0 Å². The van der Waals surface area contributed by atoms with E-state index in [0.29, 0.717) is 0 Å². The fraction of sp³-hybridized carbons (Fsp3) is 0.0714. The van der Waals surface area contributed by atoms with E-state index in [0.717, 1.165) is 6.07 Å². The van der Waals surface area contributed by atoms with Crippen LogP contribution in [0.1, 0.15) is 5.56 Å². The van der Waals surface area contributed by atoms with Gasteiger partial charge in [0.25, 0.3) is 10.1 Å². The summed E-state index contributed by atoms with van der Waals surface area (Å²) < 4.78 is 36.4. The summed E-state index contributed by atoms with van der Waals surface area (Å²) >= 11 is 0. The molecule has 0 saturated carbocycles. The third kappa shape index (κ3) is 4.77. The van der Waals surface area contributed by atoms with Gasteiger partial charge in [0.05, 0.1) is 23.3 Å². The van der Waals surface area contributed by atoms with Crippen molar-refractivity contribution >= 4 is 51.1 Å². The number of ether oxygens (including phenoxy) is 1. The Balaban J connectivity index is 0.00000288. The van der Waals surface area contributed by atoms with Crippen LogP contribution in [-0.4, -0.2) is 54.7 Å². The number of hydrogen-bond donors (Lipinski definition) is 2. The van der Waals surface area contributed by atoms with Crippen LogP contribution in [0.4, 0.5) is 11.4 Å². The van der Waals surface area contributed by atoms with Gasteiger partial charge in [-0.3, -0.25) is 4.55 Å². The van der Waals surface area contributed by atoms with E-state index < -0.39 is 10.1 Å². The molecule has 2 rings (SSSR count). The van der Waals surface area contributed by atoms with Crippen molar-refractivity contribution in [1.29, 1.82) is 5.26 Å². The third-order valence-corrected chi connectivity index (χ3v) is 3.67. The quantitative estimate of drug-likeness (QED) is 0.490. The number of phenolic OH excluding ortho intramolecular Hbond substituents is 1. The summed E-state index contributed by atoms with van der Waals surface area (Å²) in [7, 11) is -3.01. The Morgan fingerprint density at radius 1 is 1.17 bits per heavy atom. The van der Waals surface area contributed by atoms with Gasteiger partial charge in [-0.25, -0.2) is 0 Å². The van der Waals surface area contributed by atoms with E-state index in [1.165, 1.54) is 37.4 Å². The number of hydrogen-bond acceptors (Lipinski definition) is 7. The summed E-state index contributed by atoms with van der Waals surface area (Å²) in [5.74, 6) is 0.0674. The van der Waals surface area contributed by atoms with Crippen molar-refractivity contribution in [2.45, 2.75) is 4.90 Å². The van der Waals surface area contributed by atoms with Crippen LogP contribution in [0.2, 0.25) is 0 Å². The summed E-state index contributed by atoms with van der Waals surface area (Å²) in [4.78, 5) is -0.351. The van der Waals surface area contributed by atoms with E-state index in [4.69, 9.17) is 14.6 Å². The van der Waals surface area contributed by atoms with Gasteiger partial charge in [-0.15, -0.1) is 5.11 Å². The van der Waals surface area contributed by atoms with Gasteiger partial charge in [0.1, 0.15) is 23.3 Å². The van der Waals surface area contributed by atoms with Gasteiger partial charge in [0.2, 0.25) is 0 Å². The molecule has 0 spiro atoms. The van der Waals surface area contributed by atoms with Gasteiger partial charge < -0.3 is 9.84 Å². The monoisotopic (exact) mass is 357 g/mol. The Labute approximate surface area is 160 Å². The van der Waals surface area contributed by atoms with Crippen molar-refractivity contribution < 1.29 is 22.8 Å². The Morgan fingerprint density at radius 2 is 1.88 bits per heavy atom. The van der Waals surface area contributed by atoms with E-state index >= 15 is 0 Å². The van der Waals surface area contributed by atoms with Crippen LogP contribution in [0.3, 0.4) is 0 Å². The number of benzene rings is 2. The molecule has 2 aromatic carbocycles. The minimum absolute atomic E-state index is 0. The van der Waals surface area contributed by atoms with Gasteiger partial charge in [-0.05, 0) is 36.4 Å². The minimum atomic E-state index is -4.38. The number of aromatic hydroxyl groups is 1. The molecule has 0 aliphatic heterocycles. The molecule has 0 fully saturated rings. The van der Waals surface area contributed by atoms with Crippen LogP contribution in [0, 0.1) is 11.3 Å². The van der Waals surface area contributed by atoms with Crippen LogP contribution in [0.5, 0.6) is 11.5 Å². The predicted molar refractivity (Wildman–Crippen MR) is 87.0 cm³/mol. The molecule has 0 aliphatic rings. The molecular formula is C14H12N3NaO5S. The molecule has 0 bridgehead atoms. The molecule has 0 aromatic heterocycles. The standard InChI is InChI=1S/C14H11N3O5S.Na.H/c1-22-14-5-3-11(23(19,20)21)7-12(14)17-16-10-2-4-13(18)9(6-10)8-15;;/h2-7,18H,1H3,(H,19,20,21);;. The molecule has 8 nitrogen and oxygen atoms in total. The van der Waals surface area contributed by atoms with E-state index in [1.807, 2.05) is 0 Å². The molecule has 0 aliphatic carbocycles. The molecule has 24 heavy (non-hydrogen) atoms. The third-order valence-electron chi connectivity index (χ3n) is 2.82. The van der Waals surface area contributed by atoms with Crippen molar-refractivity contribution in [3.05, 3.63) is 42.0 Å². The van der Waals surface area contributed by atoms with Gasteiger partial charge in [-0.2, -0.15) is 18.8 Å². The summed E-state index contributed by atoms with van der Waals surface area (Å²) in [5.41, 5.74) is 0.382. The average molecular weight is 357 g/mol. The zero-order valence-electron chi connectivity index (χ0n) is 11.8. The summed E-state index contributed by atoms with van der Waals surface area (Å²) in [5, 5.41) is 26.0. The Bertz CT molecular complexity index is 922. The second-order valence-corrected chi connectivity index (χ2v) is 5.74. The molecule has 10 heteroatoms. The summed E-state index contributed by atoms with van der Waals surface area (Å²) in [6.45, 7) is 0. The average Bonchev–Trinajstić information content (AvgIpc) is 2.52. The number of phenols is 1. The molecular weight excluding hydrogens is 345 g/mol. The molecule has 0 heterocycles. The number of methoxy groups -OCH3 is 1. The number of azo groups is 1. The first-order valence-electron chi connectivity index (χ1n) is 6.15. The fourth-order valence-electron chi connectivity index (χ4n) is 1.70. The van der Waals surface area contributed by atoms with Crippen LogP contribution in [-0.2, 0) is 10.1 Å². The maximum atomic E-state index is 11.2. The molecule has 2 aromatic rings. The fourth-order valence-corrected chi connectivity index (χ4v) is 2.20. The molecule has 2 N–H and O–H groups in total. The van der Waals surface area contributed by atoms with Crippen LogP contribution < -0.4 is 4.74 Å². The topological polar surface area (TPSA) is 132 Å². The van der Waals surface area contributed by atoms with Gasteiger partial charge in [0.15, 0.2) is 0 Å². The molecule has 0 unspecified atom stereocenters.